The summed E-state index contributed by atoms with van der Waals surface area (Å²) in [6.07, 6.45) is 7.30. The average Bonchev–Trinajstić information content (AvgIpc) is 2.58. The number of rotatable bonds is 2. The van der Waals surface area contributed by atoms with Gasteiger partial charge in [0.15, 0.2) is 0 Å². The average molecular weight is 212 g/mol. The van der Waals surface area contributed by atoms with E-state index in [1.165, 1.54) is 19.3 Å². The summed E-state index contributed by atoms with van der Waals surface area (Å²) in [5, 5.41) is 9.44. The molecule has 0 spiro atoms. The van der Waals surface area contributed by atoms with Crippen LogP contribution < -0.4 is 0 Å². The molecule has 0 aromatic rings. The lowest BCUT2D eigenvalue weighted by Crippen LogP contribution is -2.29. The Bertz CT molecular complexity index is 205. The molecule has 2 fully saturated rings. The first-order valence-corrected chi connectivity index (χ1v) is 6.48. The molecule has 5 atom stereocenters. The van der Waals surface area contributed by atoms with E-state index in [1.807, 2.05) is 0 Å². The van der Waals surface area contributed by atoms with Crippen molar-refractivity contribution < 1.29 is 9.84 Å². The Morgan fingerprint density at radius 3 is 2.13 bits per heavy atom. The largest absolute Gasteiger partial charge is 0.393 e. The first-order valence-electron chi connectivity index (χ1n) is 6.48. The van der Waals surface area contributed by atoms with Gasteiger partial charge in [0.05, 0.1) is 18.3 Å². The zero-order valence-corrected chi connectivity index (χ0v) is 9.98. The first-order chi connectivity index (χ1) is 7.15. The fraction of sp³-hybridized carbons (Fsp3) is 1.00. The molecule has 1 N–H and O–H groups in total. The summed E-state index contributed by atoms with van der Waals surface area (Å²) in [4.78, 5) is 0. The van der Waals surface area contributed by atoms with Gasteiger partial charge in [-0.2, -0.15) is 0 Å². The van der Waals surface area contributed by atoms with E-state index in [4.69, 9.17) is 4.74 Å². The molecule has 0 radical (unpaired) electrons. The zero-order valence-electron chi connectivity index (χ0n) is 9.98. The van der Waals surface area contributed by atoms with Crippen molar-refractivity contribution in [1.29, 1.82) is 0 Å². The Kier molecular flexibility index (Phi) is 3.68. The highest BCUT2D eigenvalue weighted by molar-refractivity contribution is 4.80. The maximum absolute atomic E-state index is 9.44. The van der Waals surface area contributed by atoms with Crippen LogP contribution >= 0.6 is 0 Å². The quantitative estimate of drug-likeness (QED) is 0.762. The van der Waals surface area contributed by atoms with Crippen molar-refractivity contribution in [3.63, 3.8) is 0 Å². The molecule has 0 bridgehead atoms. The molecule has 2 aliphatic rings. The van der Waals surface area contributed by atoms with E-state index in [2.05, 4.69) is 13.8 Å². The van der Waals surface area contributed by atoms with Gasteiger partial charge in [-0.15, -0.1) is 0 Å². The van der Waals surface area contributed by atoms with Gasteiger partial charge < -0.3 is 9.84 Å². The van der Waals surface area contributed by atoms with Crippen molar-refractivity contribution >= 4 is 0 Å². The lowest BCUT2D eigenvalue weighted by atomic mass is 9.80. The van der Waals surface area contributed by atoms with Gasteiger partial charge in [0.1, 0.15) is 0 Å². The summed E-state index contributed by atoms with van der Waals surface area (Å²) in [5.41, 5.74) is 0. The fourth-order valence-corrected chi connectivity index (χ4v) is 2.93. The molecule has 0 amide bonds. The molecule has 0 aliphatic heterocycles. The van der Waals surface area contributed by atoms with Crippen molar-refractivity contribution in [2.75, 3.05) is 0 Å². The molecule has 0 aromatic carbocycles. The van der Waals surface area contributed by atoms with Gasteiger partial charge in [0, 0.05) is 0 Å². The van der Waals surface area contributed by atoms with Crippen LogP contribution in [0.25, 0.3) is 0 Å². The molecule has 2 heteroatoms. The molecule has 2 aliphatic carbocycles. The van der Waals surface area contributed by atoms with Gasteiger partial charge in [-0.1, -0.05) is 13.8 Å². The monoisotopic (exact) mass is 212 g/mol. The number of hydrogen-bond acceptors (Lipinski definition) is 2. The molecule has 0 aromatic heterocycles. The van der Waals surface area contributed by atoms with Crippen LogP contribution in [0.5, 0.6) is 0 Å². The van der Waals surface area contributed by atoms with E-state index in [0.717, 1.165) is 31.1 Å². The van der Waals surface area contributed by atoms with E-state index >= 15 is 0 Å². The van der Waals surface area contributed by atoms with Crippen LogP contribution in [0.15, 0.2) is 0 Å². The summed E-state index contributed by atoms with van der Waals surface area (Å²) >= 11 is 0. The molecule has 2 saturated carbocycles. The molecule has 2 rings (SSSR count). The molecular weight excluding hydrogens is 188 g/mol. The van der Waals surface area contributed by atoms with Crippen LogP contribution in [-0.2, 0) is 4.74 Å². The number of ether oxygens (including phenoxy) is 1. The molecule has 88 valence electrons. The lowest BCUT2D eigenvalue weighted by molar-refractivity contribution is -0.0476. The predicted molar refractivity (Wildman–Crippen MR) is 60.7 cm³/mol. The summed E-state index contributed by atoms with van der Waals surface area (Å²) in [6, 6.07) is 0. The Labute approximate surface area is 93.0 Å². The van der Waals surface area contributed by atoms with Crippen LogP contribution in [0.1, 0.15) is 52.4 Å². The van der Waals surface area contributed by atoms with Gasteiger partial charge in [-0.05, 0) is 50.4 Å². The minimum Gasteiger partial charge on any atom is -0.393 e. The molecule has 0 saturated heterocycles. The summed E-state index contributed by atoms with van der Waals surface area (Å²) in [5.74, 6) is 1.66. The smallest absolute Gasteiger partial charge is 0.0604 e. The van der Waals surface area contributed by atoms with Crippen LogP contribution in [0.3, 0.4) is 0 Å². The van der Waals surface area contributed by atoms with Gasteiger partial charge in [0.25, 0.3) is 0 Å². The van der Waals surface area contributed by atoms with Crippen molar-refractivity contribution in [1.82, 2.24) is 0 Å². The summed E-state index contributed by atoms with van der Waals surface area (Å²) < 4.78 is 6.08. The highest BCUT2D eigenvalue weighted by atomic mass is 16.5. The fourth-order valence-electron chi connectivity index (χ4n) is 2.93. The Hall–Kier alpha value is -0.0800. The number of aliphatic hydroxyl groups excluding tert-OH is 1. The highest BCUT2D eigenvalue weighted by Crippen LogP contribution is 2.33. The summed E-state index contributed by atoms with van der Waals surface area (Å²) in [7, 11) is 0. The highest BCUT2D eigenvalue weighted by Gasteiger charge is 2.30. The van der Waals surface area contributed by atoms with Gasteiger partial charge in [-0.3, -0.25) is 0 Å². The van der Waals surface area contributed by atoms with E-state index in [1.54, 1.807) is 0 Å². The predicted octanol–water partition coefficient (Wildman–Crippen LogP) is 2.74. The molecule has 0 heterocycles. The van der Waals surface area contributed by atoms with Crippen LogP contribution in [0.4, 0.5) is 0 Å². The third-order valence-electron chi connectivity index (χ3n) is 4.29. The van der Waals surface area contributed by atoms with E-state index in [0.29, 0.717) is 12.2 Å². The lowest BCUT2D eigenvalue weighted by Gasteiger charge is -2.33. The SMILES string of the molecule is CC1CCC(OC2CCC(O)C2)CC1C. The van der Waals surface area contributed by atoms with Gasteiger partial charge in [0.2, 0.25) is 0 Å². The van der Waals surface area contributed by atoms with E-state index in [-0.39, 0.29) is 6.10 Å². The number of aliphatic hydroxyl groups is 1. The van der Waals surface area contributed by atoms with Crippen LogP contribution in [0.2, 0.25) is 0 Å². The van der Waals surface area contributed by atoms with Crippen LogP contribution in [-0.4, -0.2) is 23.4 Å². The van der Waals surface area contributed by atoms with Crippen molar-refractivity contribution in [2.24, 2.45) is 11.8 Å². The van der Waals surface area contributed by atoms with Gasteiger partial charge >= 0.3 is 0 Å². The first kappa shape index (κ1) is 11.4. The number of hydrogen-bond donors (Lipinski definition) is 1. The Morgan fingerprint density at radius 1 is 0.867 bits per heavy atom. The minimum absolute atomic E-state index is 0.102. The molecule has 5 unspecified atom stereocenters. The standard InChI is InChI=1S/C13H24O2/c1-9-3-5-12(7-10(9)2)15-13-6-4-11(14)8-13/h9-14H,3-8H2,1-2H3. The van der Waals surface area contributed by atoms with E-state index in [9.17, 15) is 5.11 Å². The van der Waals surface area contributed by atoms with Crippen molar-refractivity contribution in [3.8, 4) is 0 Å². The maximum atomic E-state index is 9.44. The van der Waals surface area contributed by atoms with Gasteiger partial charge in [-0.25, -0.2) is 0 Å². The van der Waals surface area contributed by atoms with Crippen molar-refractivity contribution in [3.05, 3.63) is 0 Å². The second-order valence-corrected chi connectivity index (χ2v) is 5.61. The van der Waals surface area contributed by atoms with E-state index < -0.39 is 0 Å². The second kappa shape index (κ2) is 4.84. The Balaban J connectivity index is 1.75. The third kappa shape index (κ3) is 2.94. The Morgan fingerprint density at radius 2 is 1.53 bits per heavy atom. The second-order valence-electron chi connectivity index (χ2n) is 5.61. The third-order valence-corrected chi connectivity index (χ3v) is 4.29. The maximum Gasteiger partial charge on any atom is 0.0604 e. The minimum atomic E-state index is -0.102. The normalized spacial score (nSPS) is 47.0. The zero-order chi connectivity index (χ0) is 10.8. The summed E-state index contributed by atoms with van der Waals surface area (Å²) in [6.45, 7) is 4.68. The molecular formula is C13H24O2. The molecule has 2 nitrogen and oxygen atoms in total. The molecule has 15 heavy (non-hydrogen) atoms. The van der Waals surface area contributed by atoms with Crippen molar-refractivity contribution in [2.45, 2.75) is 70.7 Å². The topological polar surface area (TPSA) is 29.5 Å². The van der Waals surface area contributed by atoms with Crippen LogP contribution in [0, 0.1) is 11.8 Å².